The van der Waals surface area contributed by atoms with Crippen molar-refractivity contribution < 1.29 is 5.11 Å². The molecule has 3 N–H and O–H groups in total. The third kappa shape index (κ3) is 2.68. The third-order valence-corrected chi connectivity index (χ3v) is 2.79. The van der Waals surface area contributed by atoms with Crippen molar-refractivity contribution in [3.8, 4) is 0 Å². The van der Waals surface area contributed by atoms with E-state index in [1.807, 2.05) is 6.07 Å². The van der Waals surface area contributed by atoms with Crippen LogP contribution in [0.4, 0.5) is 0 Å². The molecule has 1 aromatic carbocycles. The Morgan fingerprint density at radius 1 is 1.54 bits per heavy atom. The highest BCUT2D eigenvalue weighted by Crippen LogP contribution is 2.26. The molecule has 0 saturated heterocycles. The molecular weight excluding hydrogens is 253 g/mol. The van der Waals surface area contributed by atoms with Crippen molar-refractivity contribution in [1.82, 2.24) is 0 Å². The largest absolute Gasteiger partial charge is 0.391 e. The van der Waals surface area contributed by atoms with E-state index < -0.39 is 12.1 Å². The zero-order valence-electron chi connectivity index (χ0n) is 7.17. The lowest BCUT2D eigenvalue weighted by atomic mass is 10.0. The summed E-state index contributed by atoms with van der Waals surface area (Å²) in [6.45, 7) is 1.65. The molecule has 2 nitrogen and oxygen atoms in total. The van der Waals surface area contributed by atoms with Gasteiger partial charge in [0.15, 0.2) is 0 Å². The fourth-order valence-electron chi connectivity index (χ4n) is 1.03. The maximum Gasteiger partial charge on any atom is 0.0705 e. The average molecular weight is 265 g/mol. The van der Waals surface area contributed by atoms with Crippen LogP contribution in [0.25, 0.3) is 0 Å². The molecule has 0 heterocycles. The van der Waals surface area contributed by atoms with Crippen molar-refractivity contribution in [3.63, 3.8) is 0 Å². The van der Waals surface area contributed by atoms with Gasteiger partial charge in [-0.3, -0.25) is 0 Å². The first kappa shape index (κ1) is 11.0. The van der Waals surface area contributed by atoms with Crippen LogP contribution in [-0.2, 0) is 0 Å². The highest BCUT2D eigenvalue weighted by atomic mass is 79.9. The zero-order valence-corrected chi connectivity index (χ0v) is 9.51. The number of halogens is 2. The summed E-state index contributed by atoms with van der Waals surface area (Å²) in [5.41, 5.74) is 6.59. The van der Waals surface area contributed by atoms with Crippen LogP contribution in [0.3, 0.4) is 0 Å². The Balaban J connectivity index is 3.05. The number of benzene rings is 1. The number of rotatable bonds is 2. The van der Waals surface area contributed by atoms with Crippen LogP contribution in [0, 0.1) is 0 Å². The third-order valence-electron chi connectivity index (χ3n) is 1.84. The molecule has 0 aliphatic heterocycles. The van der Waals surface area contributed by atoms with Crippen molar-refractivity contribution >= 4 is 27.5 Å². The van der Waals surface area contributed by atoms with Crippen LogP contribution >= 0.6 is 27.5 Å². The lowest BCUT2D eigenvalue weighted by Crippen LogP contribution is -2.23. The van der Waals surface area contributed by atoms with Gasteiger partial charge >= 0.3 is 0 Å². The molecule has 1 aromatic rings. The summed E-state index contributed by atoms with van der Waals surface area (Å²) in [4.78, 5) is 0. The normalized spacial score (nSPS) is 15.5. The molecule has 0 aliphatic carbocycles. The molecule has 0 fully saturated rings. The van der Waals surface area contributed by atoms with E-state index in [0.29, 0.717) is 5.02 Å². The highest BCUT2D eigenvalue weighted by Gasteiger charge is 2.14. The Morgan fingerprint density at radius 3 is 2.69 bits per heavy atom. The Morgan fingerprint density at radius 2 is 2.15 bits per heavy atom. The Labute approximate surface area is 90.8 Å². The van der Waals surface area contributed by atoms with Crippen LogP contribution < -0.4 is 5.73 Å². The molecule has 1 rings (SSSR count). The second-order valence-corrected chi connectivity index (χ2v) is 4.22. The number of aliphatic hydroxyl groups excluding tert-OH is 1. The molecule has 72 valence electrons. The van der Waals surface area contributed by atoms with Gasteiger partial charge < -0.3 is 10.8 Å². The molecule has 0 bridgehead atoms. The van der Waals surface area contributed by atoms with Gasteiger partial charge in [-0.05, 0) is 30.7 Å². The second kappa shape index (κ2) is 4.42. The van der Waals surface area contributed by atoms with Gasteiger partial charge in [0.1, 0.15) is 0 Å². The summed E-state index contributed by atoms with van der Waals surface area (Å²) >= 11 is 9.16. The molecule has 0 aliphatic rings. The van der Waals surface area contributed by atoms with E-state index in [0.717, 1.165) is 10.0 Å². The number of hydrogen-bond acceptors (Lipinski definition) is 2. The number of aliphatic hydroxyl groups is 1. The Bertz CT molecular complexity index is 304. The minimum atomic E-state index is -0.588. The van der Waals surface area contributed by atoms with Gasteiger partial charge in [-0.15, -0.1) is 0 Å². The SMILES string of the molecule is C[C@@H](O)[C@H](N)c1cc(Cl)ccc1Br. The molecule has 0 spiro atoms. The Hall–Kier alpha value is -0.0900. The van der Waals surface area contributed by atoms with Gasteiger partial charge in [-0.1, -0.05) is 27.5 Å². The topological polar surface area (TPSA) is 46.2 Å². The summed E-state index contributed by atoms with van der Waals surface area (Å²) in [5.74, 6) is 0. The number of hydrogen-bond donors (Lipinski definition) is 2. The van der Waals surface area contributed by atoms with E-state index in [-0.39, 0.29) is 0 Å². The summed E-state index contributed by atoms with van der Waals surface area (Å²) < 4.78 is 0.866. The fraction of sp³-hybridized carbons (Fsp3) is 0.333. The standard InChI is InChI=1S/C9H11BrClNO/c1-5(13)9(12)7-4-6(11)2-3-8(7)10/h2-5,9,13H,12H2,1H3/t5-,9+/m1/s1. The van der Waals surface area contributed by atoms with E-state index in [1.54, 1.807) is 19.1 Å². The van der Waals surface area contributed by atoms with Gasteiger partial charge in [0.05, 0.1) is 12.1 Å². The molecule has 0 unspecified atom stereocenters. The average Bonchev–Trinajstić information content (AvgIpc) is 2.08. The molecule has 0 aromatic heterocycles. The van der Waals surface area contributed by atoms with Crippen LogP contribution in [0.15, 0.2) is 22.7 Å². The van der Waals surface area contributed by atoms with Gasteiger partial charge in [0.2, 0.25) is 0 Å². The molecule has 4 heteroatoms. The predicted molar refractivity (Wildman–Crippen MR) is 57.8 cm³/mol. The molecular formula is C9H11BrClNO. The smallest absolute Gasteiger partial charge is 0.0705 e. The minimum Gasteiger partial charge on any atom is -0.391 e. The quantitative estimate of drug-likeness (QED) is 0.862. The van der Waals surface area contributed by atoms with Crippen LogP contribution in [0.2, 0.25) is 5.02 Å². The van der Waals surface area contributed by atoms with Crippen molar-refractivity contribution in [3.05, 3.63) is 33.3 Å². The van der Waals surface area contributed by atoms with Crippen LogP contribution in [0.1, 0.15) is 18.5 Å². The lowest BCUT2D eigenvalue weighted by Gasteiger charge is -2.16. The molecule has 13 heavy (non-hydrogen) atoms. The minimum absolute atomic E-state index is 0.409. The first-order valence-corrected chi connectivity index (χ1v) is 5.08. The molecule has 0 radical (unpaired) electrons. The first-order valence-electron chi connectivity index (χ1n) is 3.91. The molecule has 0 amide bonds. The van der Waals surface area contributed by atoms with Gasteiger partial charge in [0.25, 0.3) is 0 Å². The molecule has 2 atom stereocenters. The van der Waals surface area contributed by atoms with Crippen molar-refractivity contribution in [1.29, 1.82) is 0 Å². The van der Waals surface area contributed by atoms with E-state index in [1.165, 1.54) is 0 Å². The van der Waals surface area contributed by atoms with Crippen molar-refractivity contribution in [2.75, 3.05) is 0 Å². The predicted octanol–water partition coefficient (Wildman–Crippen LogP) is 2.48. The monoisotopic (exact) mass is 263 g/mol. The lowest BCUT2D eigenvalue weighted by molar-refractivity contribution is 0.164. The summed E-state index contributed by atoms with van der Waals surface area (Å²) in [5, 5.41) is 9.92. The van der Waals surface area contributed by atoms with Gasteiger partial charge in [-0.2, -0.15) is 0 Å². The van der Waals surface area contributed by atoms with Crippen LogP contribution in [0.5, 0.6) is 0 Å². The maximum absolute atomic E-state index is 9.30. The van der Waals surface area contributed by atoms with Crippen molar-refractivity contribution in [2.24, 2.45) is 5.73 Å². The fourth-order valence-corrected chi connectivity index (χ4v) is 1.72. The van der Waals surface area contributed by atoms with E-state index in [9.17, 15) is 5.11 Å². The maximum atomic E-state index is 9.30. The van der Waals surface area contributed by atoms with Crippen LogP contribution in [-0.4, -0.2) is 11.2 Å². The zero-order chi connectivity index (χ0) is 10.0. The molecule has 0 saturated carbocycles. The summed E-state index contributed by atoms with van der Waals surface area (Å²) in [6, 6.07) is 4.93. The van der Waals surface area contributed by atoms with Crippen molar-refractivity contribution in [2.45, 2.75) is 19.1 Å². The second-order valence-electron chi connectivity index (χ2n) is 2.93. The number of nitrogens with two attached hydrogens (primary N) is 1. The summed E-state index contributed by atoms with van der Waals surface area (Å²) in [6.07, 6.45) is -0.588. The Kier molecular flexibility index (Phi) is 3.74. The van der Waals surface area contributed by atoms with E-state index >= 15 is 0 Å². The first-order chi connectivity index (χ1) is 6.02. The van der Waals surface area contributed by atoms with Gasteiger partial charge in [0, 0.05) is 9.50 Å². The van der Waals surface area contributed by atoms with E-state index in [2.05, 4.69) is 15.9 Å². The summed E-state index contributed by atoms with van der Waals surface area (Å²) in [7, 11) is 0. The van der Waals surface area contributed by atoms with E-state index in [4.69, 9.17) is 17.3 Å². The van der Waals surface area contributed by atoms with Gasteiger partial charge in [-0.25, -0.2) is 0 Å². The highest BCUT2D eigenvalue weighted by molar-refractivity contribution is 9.10.